The number of carbonyl (C=O) groups excluding carboxylic acids is 1. The molecule has 0 aliphatic rings. The highest BCUT2D eigenvalue weighted by molar-refractivity contribution is 5.96. The zero-order valence-corrected chi connectivity index (χ0v) is 13.1. The molecule has 0 fully saturated rings. The van der Waals surface area contributed by atoms with Crippen LogP contribution in [0.2, 0.25) is 0 Å². The summed E-state index contributed by atoms with van der Waals surface area (Å²) in [6, 6.07) is 5.57. The van der Waals surface area contributed by atoms with Gasteiger partial charge in [-0.15, -0.1) is 0 Å². The van der Waals surface area contributed by atoms with Crippen molar-refractivity contribution in [2.45, 2.75) is 26.8 Å². The lowest BCUT2D eigenvalue weighted by Crippen LogP contribution is -2.39. The molecule has 4 heteroatoms. The molecule has 1 rings (SSSR count). The van der Waals surface area contributed by atoms with Crippen molar-refractivity contribution in [2.24, 2.45) is 0 Å². The molecule has 1 aromatic carbocycles. The minimum absolute atomic E-state index is 0.0211. The Morgan fingerprint density at radius 3 is 2.71 bits per heavy atom. The SMILES string of the molecule is COCCN(C(=O)c1cccc(C#CCO)c1C)C(C)C. The van der Waals surface area contributed by atoms with E-state index in [0.717, 1.165) is 11.1 Å². The van der Waals surface area contributed by atoms with Crippen LogP contribution in [-0.4, -0.2) is 48.8 Å². The number of carbonyl (C=O) groups is 1. The van der Waals surface area contributed by atoms with Gasteiger partial charge in [0.15, 0.2) is 0 Å². The van der Waals surface area contributed by atoms with Gasteiger partial charge in [0, 0.05) is 30.8 Å². The molecule has 114 valence electrons. The topological polar surface area (TPSA) is 49.8 Å². The number of hydrogen-bond donors (Lipinski definition) is 1. The third-order valence-electron chi connectivity index (χ3n) is 3.29. The molecule has 0 bridgehead atoms. The van der Waals surface area contributed by atoms with Gasteiger partial charge >= 0.3 is 0 Å². The average Bonchev–Trinajstić information content (AvgIpc) is 2.46. The van der Waals surface area contributed by atoms with E-state index in [9.17, 15) is 4.79 Å². The maximum atomic E-state index is 12.7. The van der Waals surface area contributed by atoms with Gasteiger partial charge in [-0.3, -0.25) is 4.79 Å². The van der Waals surface area contributed by atoms with Gasteiger partial charge in [0.2, 0.25) is 0 Å². The molecule has 0 aromatic heterocycles. The van der Waals surface area contributed by atoms with E-state index in [1.807, 2.05) is 39.0 Å². The summed E-state index contributed by atoms with van der Waals surface area (Å²) in [5.74, 6) is 5.47. The molecule has 0 heterocycles. The lowest BCUT2D eigenvalue weighted by Gasteiger charge is -2.27. The third kappa shape index (κ3) is 4.59. The Morgan fingerprint density at radius 1 is 1.43 bits per heavy atom. The van der Waals surface area contributed by atoms with Crippen LogP contribution in [0.15, 0.2) is 18.2 Å². The number of methoxy groups -OCH3 is 1. The Bertz CT molecular complexity index is 541. The lowest BCUT2D eigenvalue weighted by atomic mass is 10.0. The molecule has 1 aromatic rings. The first kappa shape index (κ1) is 17.2. The lowest BCUT2D eigenvalue weighted by molar-refractivity contribution is 0.0634. The number of ether oxygens (including phenoxy) is 1. The van der Waals surface area contributed by atoms with Gasteiger partial charge in [0.05, 0.1) is 6.61 Å². The van der Waals surface area contributed by atoms with Crippen molar-refractivity contribution in [3.05, 3.63) is 34.9 Å². The zero-order valence-electron chi connectivity index (χ0n) is 13.1. The summed E-state index contributed by atoms with van der Waals surface area (Å²) in [5.41, 5.74) is 2.25. The van der Waals surface area contributed by atoms with E-state index in [2.05, 4.69) is 11.8 Å². The fourth-order valence-electron chi connectivity index (χ4n) is 2.08. The van der Waals surface area contributed by atoms with Gasteiger partial charge in [0.25, 0.3) is 5.91 Å². The van der Waals surface area contributed by atoms with Crippen LogP contribution in [0.4, 0.5) is 0 Å². The van der Waals surface area contributed by atoms with Crippen LogP contribution in [0.1, 0.15) is 35.3 Å². The molecule has 1 amide bonds. The highest BCUT2D eigenvalue weighted by atomic mass is 16.5. The molecule has 0 aliphatic heterocycles. The fourth-order valence-corrected chi connectivity index (χ4v) is 2.08. The first-order valence-electron chi connectivity index (χ1n) is 7.02. The van der Waals surface area contributed by atoms with E-state index in [0.29, 0.717) is 18.7 Å². The van der Waals surface area contributed by atoms with Gasteiger partial charge < -0.3 is 14.7 Å². The number of aliphatic hydroxyl groups excluding tert-OH is 1. The summed E-state index contributed by atoms with van der Waals surface area (Å²) < 4.78 is 5.07. The highest BCUT2D eigenvalue weighted by Gasteiger charge is 2.20. The molecule has 1 N–H and O–H groups in total. The monoisotopic (exact) mass is 289 g/mol. The molecule has 21 heavy (non-hydrogen) atoms. The van der Waals surface area contributed by atoms with Crippen LogP contribution in [0.3, 0.4) is 0 Å². The summed E-state index contributed by atoms with van der Waals surface area (Å²) >= 11 is 0. The first-order valence-corrected chi connectivity index (χ1v) is 7.02. The molecule has 0 unspecified atom stereocenters. The van der Waals surface area contributed by atoms with Gasteiger partial charge in [-0.2, -0.15) is 0 Å². The smallest absolute Gasteiger partial charge is 0.254 e. The van der Waals surface area contributed by atoms with Crippen molar-refractivity contribution < 1.29 is 14.6 Å². The third-order valence-corrected chi connectivity index (χ3v) is 3.29. The zero-order chi connectivity index (χ0) is 15.8. The minimum Gasteiger partial charge on any atom is -0.384 e. The minimum atomic E-state index is -0.191. The first-order chi connectivity index (χ1) is 10.0. The van der Waals surface area contributed by atoms with E-state index in [1.54, 1.807) is 12.0 Å². The van der Waals surface area contributed by atoms with Crippen molar-refractivity contribution in [3.8, 4) is 11.8 Å². The standard InChI is InChI=1S/C17H23NO3/c1-13(2)18(10-12-21-4)17(20)16-9-5-7-15(14(16)3)8-6-11-19/h5,7,9,13,19H,10-12H2,1-4H3. The van der Waals surface area contributed by atoms with Crippen LogP contribution in [-0.2, 0) is 4.74 Å². The van der Waals surface area contributed by atoms with Crippen molar-refractivity contribution in [1.29, 1.82) is 0 Å². The molecular weight excluding hydrogens is 266 g/mol. The summed E-state index contributed by atoms with van der Waals surface area (Å²) in [7, 11) is 1.62. The van der Waals surface area contributed by atoms with Crippen LogP contribution in [0.25, 0.3) is 0 Å². The van der Waals surface area contributed by atoms with Gasteiger partial charge in [-0.05, 0) is 38.5 Å². The fraction of sp³-hybridized carbons (Fsp3) is 0.471. The molecule has 4 nitrogen and oxygen atoms in total. The number of benzene rings is 1. The second-order valence-corrected chi connectivity index (χ2v) is 5.02. The van der Waals surface area contributed by atoms with Crippen molar-refractivity contribution in [3.63, 3.8) is 0 Å². The molecule has 0 radical (unpaired) electrons. The predicted octanol–water partition coefficient (Wildman–Crippen LogP) is 1.84. The number of rotatable bonds is 5. The molecular formula is C17H23NO3. The molecule has 0 saturated carbocycles. The predicted molar refractivity (Wildman–Crippen MR) is 83.2 cm³/mol. The van der Waals surface area contributed by atoms with Gasteiger partial charge in [-0.25, -0.2) is 0 Å². The van der Waals surface area contributed by atoms with E-state index < -0.39 is 0 Å². The van der Waals surface area contributed by atoms with E-state index >= 15 is 0 Å². The largest absolute Gasteiger partial charge is 0.384 e. The Morgan fingerprint density at radius 2 is 2.14 bits per heavy atom. The molecule has 0 saturated heterocycles. The van der Waals surface area contributed by atoms with Crippen molar-refractivity contribution in [2.75, 3.05) is 26.9 Å². The number of aliphatic hydroxyl groups is 1. The summed E-state index contributed by atoms with van der Waals surface area (Å²) in [4.78, 5) is 14.5. The van der Waals surface area contributed by atoms with E-state index in [4.69, 9.17) is 9.84 Å². The summed E-state index contributed by atoms with van der Waals surface area (Å²) in [6.45, 7) is 6.72. The Kier molecular flexibility index (Phi) is 6.93. The van der Waals surface area contributed by atoms with Crippen molar-refractivity contribution in [1.82, 2.24) is 4.90 Å². The maximum Gasteiger partial charge on any atom is 0.254 e. The Labute approximate surface area is 126 Å². The number of nitrogens with zero attached hydrogens (tertiary/aromatic N) is 1. The Balaban J connectivity index is 3.10. The quantitative estimate of drug-likeness (QED) is 0.841. The van der Waals surface area contributed by atoms with Gasteiger partial charge in [-0.1, -0.05) is 17.9 Å². The molecule has 0 atom stereocenters. The number of hydrogen-bond acceptors (Lipinski definition) is 3. The van der Waals surface area contributed by atoms with Crippen LogP contribution < -0.4 is 0 Å². The number of amides is 1. The van der Waals surface area contributed by atoms with E-state index in [1.165, 1.54) is 0 Å². The second-order valence-electron chi connectivity index (χ2n) is 5.02. The highest BCUT2D eigenvalue weighted by Crippen LogP contribution is 2.16. The Hall–Kier alpha value is -1.83. The second kappa shape index (κ2) is 8.46. The summed E-state index contributed by atoms with van der Waals surface area (Å²) in [5, 5.41) is 8.79. The normalized spacial score (nSPS) is 10.2. The van der Waals surface area contributed by atoms with Gasteiger partial charge in [0.1, 0.15) is 6.61 Å². The van der Waals surface area contributed by atoms with Crippen LogP contribution in [0, 0.1) is 18.8 Å². The maximum absolute atomic E-state index is 12.7. The molecule has 0 aliphatic carbocycles. The summed E-state index contributed by atoms with van der Waals surface area (Å²) in [6.07, 6.45) is 0. The van der Waals surface area contributed by atoms with Crippen LogP contribution >= 0.6 is 0 Å². The molecule has 0 spiro atoms. The van der Waals surface area contributed by atoms with Crippen molar-refractivity contribution >= 4 is 5.91 Å². The average molecular weight is 289 g/mol. The van der Waals surface area contributed by atoms with Crippen LogP contribution in [0.5, 0.6) is 0 Å². The van der Waals surface area contributed by atoms with E-state index in [-0.39, 0.29) is 18.6 Å².